The summed E-state index contributed by atoms with van der Waals surface area (Å²) in [5.41, 5.74) is 10.5. The number of aryl methyl sites for hydroxylation is 1. The van der Waals surface area contributed by atoms with Gasteiger partial charge in [-0.3, -0.25) is 9.78 Å². The molecule has 0 atom stereocenters. The predicted molar refractivity (Wildman–Crippen MR) is 120 cm³/mol. The monoisotopic (exact) mass is 414 g/mol. The number of ketones is 1. The molecule has 4 rings (SSSR count). The third-order valence-electron chi connectivity index (χ3n) is 5.25. The number of benzene rings is 3. The molecule has 4 aromatic rings. The van der Waals surface area contributed by atoms with E-state index in [1.807, 2.05) is 49.4 Å². The number of carbonyl (C=O) groups is 1. The number of pyridine rings is 1. The van der Waals surface area contributed by atoms with Crippen LogP contribution in [0.2, 0.25) is 0 Å². The van der Waals surface area contributed by atoms with Gasteiger partial charge in [-0.25, -0.2) is 4.39 Å². The Morgan fingerprint density at radius 1 is 0.968 bits per heavy atom. The number of halogens is 1. The minimum absolute atomic E-state index is 0.0755. The zero-order valence-electron chi connectivity index (χ0n) is 17.3. The fourth-order valence-corrected chi connectivity index (χ4v) is 3.55. The van der Waals surface area contributed by atoms with Gasteiger partial charge in [0.2, 0.25) is 0 Å². The molecule has 0 amide bonds. The number of Topliss-reactive ketones (excluding diaryl/α,β-unsaturated/α-hetero) is 1. The summed E-state index contributed by atoms with van der Waals surface area (Å²) >= 11 is 0. The van der Waals surface area contributed by atoms with Gasteiger partial charge in [0.1, 0.15) is 23.1 Å². The molecule has 0 saturated carbocycles. The lowest BCUT2D eigenvalue weighted by atomic mass is 10.0. The van der Waals surface area contributed by atoms with E-state index >= 15 is 0 Å². The molecule has 3 aromatic carbocycles. The molecule has 5 heteroatoms. The SMILES string of the molecule is Cc1cc2c(Oc3ccc(CC(=O)Cc4ccc(F)cc4)cc3)ccnc2cc1CN. The first kappa shape index (κ1) is 20.7. The van der Waals surface area contributed by atoms with E-state index < -0.39 is 0 Å². The lowest BCUT2D eigenvalue weighted by Crippen LogP contribution is -2.06. The van der Waals surface area contributed by atoms with Gasteiger partial charge < -0.3 is 10.5 Å². The molecule has 156 valence electrons. The lowest BCUT2D eigenvalue weighted by molar-refractivity contribution is -0.117. The highest BCUT2D eigenvalue weighted by molar-refractivity contribution is 5.86. The molecule has 0 bridgehead atoms. The van der Waals surface area contributed by atoms with E-state index in [9.17, 15) is 9.18 Å². The van der Waals surface area contributed by atoms with Crippen molar-refractivity contribution in [1.82, 2.24) is 4.98 Å². The van der Waals surface area contributed by atoms with Crippen molar-refractivity contribution in [3.05, 3.63) is 101 Å². The Morgan fingerprint density at radius 3 is 2.26 bits per heavy atom. The highest BCUT2D eigenvalue weighted by Gasteiger charge is 2.09. The average Bonchev–Trinajstić information content (AvgIpc) is 2.77. The Bertz CT molecular complexity index is 1220. The first-order valence-electron chi connectivity index (χ1n) is 10.1. The van der Waals surface area contributed by atoms with Crippen molar-refractivity contribution in [2.75, 3.05) is 0 Å². The van der Waals surface area contributed by atoms with E-state index in [0.717, 1.165) is 38.9 Å². The van der Waals surface area contributed by atoms with Gasteiger partial charge in [0, 0.05) is 31.0 Å². The number of fused-ring (bicyclic) bond motifs is 1. The topological polar surface area (TPSA) is 65.2 Å². The second kappa shape index (κ2) is 9.06. The molecule has 0 aliphatic carbocycles. The van der Waals surface area contributed by atoms with Gasteiger partial charge in [0.05, 0.1) is 5.52 Å². The summed E-state index contributed by atoms with van der Waals surface area (Å²) in [5.74, 6) is 1.18. The van der Waals surface area contributed by atoms with Crippen molar-refractivity contribution in [3.63, 3.8) is 0 Å². The smallest absolute Gasteiger partial charge is 0.141 e. The maximum Gasteiger partial charge on any atom is 0.141 e. The molecule has 0 spiro atoms. The Labute approximate surface area is 180 Å². The predicted octanol–water partition coefficient (Wildman–Crippen LogP) is 5.29. The Kier molecular flexibility index (Phi) is 6.05. The fraction of sp³-hybridized carbons (Fsp3) is 0.154. The molecule has 1 aromatic heterocycles. The summed E-state index contributed by atoms with van der Waals surface area (Å²) in [5, 5.41) is 0.927. The quantitative estimate of drug-likeness (QED) is 0.446. The number of nitrogens with zero attached hydrogens (tertiary/aromatic N) is 1. The maximum absolute atomic E-state index is 13.0. The summed E-state index contributed by atoms with van der Waals surface area (Å²) in [6.07, 6.45) is 2.32. The lowest BCUT2D eigenvalue weighted by Gasteiger charge is -2.11. The first-order valence-corrected chi connectivity index (χ1v) is 10.1. The van der Waals surface area contributed by atoms with Crippen LogP contribution in [0, 0.1) is 12.7 Å². The van der Waals surface area contributed by atoms with E-state index in [4.69, 9.17) is 10.5 Å². The van der Waals surface area contributed by atoms with Crippen molar-refractivity contribution in [1.29, 1.82) is 0 Å². The molecule has 0 aliphatic heterocycles. The van der Waals surface area contributed by atoms with Crippen molar-refractivity contribution in [3.8, 4) is 11.5 Å². The van der Waals surface area contributed by atoms with Crippen LogP contribution in [0.4, 0.5) is 4.39 Å². The average molecular weight is 414 g/mol. The number of ether oxygens (including phenoxy) is 1. The first-order chi connectivity index (χ1) is 15.0. The normalized spacial score (nSPS) is 10.9. The van der Waals surface area contributed by atoms with Gasteiger partial charge in [0.15, 0.2) is 0 Å². The van der Waals surface area contributed by atoms with Gasteiger partial charge in [0.25, 0.3) is 0 Å². The zero-order chi connectivity index (χ0) is 21.8. The molecular formula is C26H23FN2O2. The number of hydrogen-bond donors (Lipinski definition) is 1. The number of aromatic nitrogens is 1. The van der Waals surface area contributed by atoms with E-state index in [0.29, 0.717) is 18.7 Å². The molecule has 0 saturated heterocycles. The molecule has 1 heterocycles. The fourth-order valence-electron chi connectivity index (χ4n) is 3.55. The van der Waals surface area contributed by atoms with Crippen LogP contribution in [-0.4, -0.2) is 10.8 Å². The number of hydrogen-bond acceptors (Lipinski definition) is 4. The molecule has 0 unspecified atom stereocenters. The number of nitrogens with two attached hydrogens (primary N) is 1. The third kappa shape index (κ3) is 4.95. The van der Waals surface area contributed by atoms with E-state index in [1.165, 1.54) is 12.1 Å². The zero-order valence-corrected chi connectivity index (χ0v) is 17.3. The Morgan fingerprint density at radius 2 is 1.61 bits per heavy atom. The van der Waals surface area contributed by atoms with Crippen molar-refractivity contribution < 1.29 is 13.9 Å². The molecular weight excluding hydrogens is 391 g/mol. The van der Waals surface area contributed by atoms with Crippen LogP contribution in [-0.2, 0) is 24.2 Å². The van der Waals surface area contributed by atoms with Crippen LogP contribution < -0.4 is 10.5 Å². The Hall–Kier alpha value is -3.57. The summed E-state index contributed by atoms with van der Waals surface area (Å²) in [6.45, 7) is 2.49. The summed E-state index contributed by atoms with van der Waals surface area (Å²) < 4.78 is 19.1. The van der Waals surface area contributed by atoms with Gasteiger partial charge in [-0.05, 0) is 71.6 Å². The maximum atomic E-state index is 13.0. The van der Waals surface area contributed by atoms with Gasteiger partial charge in [-0.1, -0.05) is 24.3 Å². The molecule has 2 N–H and O–H groups in total. The van der Waals surface area contributed by atoms with Crippen molar-refractivity contribution in [2.45, 2.75) is 26.3 Å². The standard InChI is InChI=1S/C26H23FN2O2/c1-17-12-24-25(15-20(17)16-28)29-11-10-26(24)31-23-8-4-19(5-9-23)14-22(30)13-18-2-6-21(27)7-3-18/h2-12,15H,13-14,16,28H2,1H3. The minimum atomic E-state index is -0.302. The summed E-state index contributed by atoms with van der Waals surface area (Å²) in [4.78, 5) is 16.8. The van der Waals surface area contributed by atoms with Crippen LogP contribution in [0.15, 0.2) is 72.9 Å². The number of rotatable bonds is 7. The minimum Gasteiger partial charge on any atom is -0.457 e. The van der Waals surface area contributed by atoms with Crippen molar-refractivity contribution in [2.24, 2.45) is 5.73 Å². The van der Waals surface area contributed by atoms with Crippen LogP contribution in [0.1, 0.15) is 22.3 Å². The van der Waals surface area contributed by atoms with Crippen LogP contribution in [0.5, 0.6) is 11.5 Å². The molecule has 0 radical (unpaired) electrons. The highest BCUT2D eigenvalue weighted by Crippen LogP contribution is 2.30. The van der Waals surface area contributed by atoms with E-state index in [-0.39, 0.29) is 18.0 Å². The number of carbonyl (C=O) groups excluding carboxylic acids is 1. The Balaban J connectivity index is 1.45. The molecule has 0 fully saturated rings. The van der Waals surface area contributed by atoms with Gasteiger partial charge >= 0.3 is 0 Å². The van der Waals surface area contributed by atoms with E-state index in [2.05, 4.69) is 4.98 Å². The van der Waals surface area contributed by atoms with Crippen LogP contribution >= 0.6 is 0 Å². The highest BCUT2D eigenvalue weighted by atomic mass is 19.1. The molecule has 4 nitrogen and oxygen atoms in total. The summed E-state index contributed by atoms with van der Waals surface area (Å²) in [6, 6.07) is 19.4. The third-order valence-corrected chi connectivity index (χ3v) is 5.25. The molecule has 31 heavy (non-hydrogen) atoms. The van der Waals surface area contributed by atoms with E-state index in [1.54, 1.807) is 18.3 Å². The largest absolute Gasteiger partial charge is 0.457 e. The van der Waals surface area contributed by atoms with Gasteiger partial charge in [-0.2, -0.15) is 0 Å². The molecule has 0 aliphatic rings. The summed E-state index contributed by atoms with van der Waals surface area (Å²) in [7, 11) is 0. The van der Waals surface area contributed by atoms with Gasteiger partial charge in [-0.15, -0.1) is 0 Å². The van der Waals surface area contributed by atoms with Crippen molar-refractivity contribution >= 4 is 16.7 Å². The van der Waals surface area contributed by atoms with Crippen LogP contribution in [0.25, 0.3) is 10.9 Å². The second-order valence-corrected chi connectivity index (χ2v) is 7.57. The second-order valence-electron chi connectivity index (χ2n) is 7.57. The van der Waals surface area contributed by atoms with Crippen LogP contribution in [0.3, 0.4) is 0 Å².